The van der Waals surface area contributed by atoms with E-state index in [0.717, 1.165) is 16.5 Å². The van der Waals surface area contributed by atoms with Crippen molar-refractivity contribution in [3.8, 4) is 5.88 Å². The molecule has 112 valence electrons. The zero-order valence-corrected chi connectivity index (χ0v) is 13.2. The minimum atomic E-state index is 0.607. The number of hydrogen-bond donors (Lipinski definition) is 2. The Labute approximate surface area is 128 Å². The number of hydrogen-bond acceptors (Lipinski definition) is 5. The maximum absolute atomic E-state index is 5.10. The topological polar surface area (TPSA) is 71.4 Å². The third-order valence-corrected chi connectivity index (χ3v) is 3.68. The van der Waals surface area contributed by atoms with Crippen molar-refractivity contribution in [3.05, 3.63) is 40.0 Å². The van der Waals surface area contributed by atoms with Crippen molar-refractivity contribution >= 4 is 17.3 Å². The number of aromatic nitrogens is 2. The molecule has 2 heterocycles. The van der Waals surface area contributed by atoms with Gasteiger partial charge in [0.2, 0.25) is 5.88 Å². The van der Waals surface area contributed by atoms with Crippen molar-refractivity contribution in [3.63, 3.8) is 0 Å². The summed E-state index contributed by atoms with van der Waals surface area (Å²) in [6, 6.07) is 3.83. The maximum atomic E-state index is 5.10. The van der Waals surface area contributed by atoms with Crippen LogP contribution < -0.4 is 15.4 Å². The van der Waals surface area contributed by atoms with Gasteiger partial charge in [-0.05, 0) is 18.6 Å². The number of ether oxygens (including phenoxy) is 1. The highest BCUT2D eigenvalue weighted by molar-refractivity contribution is 7.11. The van der Waals surface area contributed by atoms with Gasteiger partial charge in [-0.25, -0.2) is 9.97 Å². The molecule has 0 saturated heterocycles. The third-order valence-electron chi connectivity index (χ3n) is 2.77. The van der Waals surface area contributed by atoms with Crippen molar-refractivity contribution in [1.29, 1.82) is 0 Å². The van der Waals surface area contributed by atoms with Gasteiger partial charge in [0.25, 0.3) is 0 Å². The van der Waals surface area contributed by atoms with Crippen molar-refractivity contribution < 1.29 is 4.74 Å². The summed E-state index contributed by atoms with van der Waals surface area (Å²) in [6.45, 7) is 3.36. The molecule has 0 spiro atoms. The Morgan fingerprint density at radius 2 is 2.14 bits per heavy atom. The first-order valence-corrected chi connectivity index (χ1v) is 7.37. The number of rotatable bonds is 5. The van der Waals surface area contributed by atoms with E-state index in [1.54, 1.807) is 31.7 Å². The number of aryl methyl sites for hydroxylation is 1. The molecule has 0 bridgehead atoms. The van der Waals surface area contributed by atoms with Crippen molar-refractivity contribution in [2.45, 2.75) is 20.0 Å². The largest absolute Gasteiger partial charge is 0.481 e. The average molecular weight is 305 g/mol. The highest BCUT2D eigenvalue weighted by Crippen LogP contribution is 2.10. The Bertz CT molecular complexity index is 611. The predicted molar refractivity (Wildman–Crippen MR) is 84.7 cm³/mol. The molecule has 21 heavy (non-hydrogen) atoms. The second-order valence-electron chi connectivity index (χ2n) is 4.35. The number of thiazole rings is 1. The number of guanidine groups is 1. The summed E-state index contributed by atoms with van der Waals surface area (Å²) in [5.74, 6) is 1.34. The lowest BCUT2D eigenvalue weighted by molar-refractivity contribution is 0.397. The van der Waals surface area contributed by atoms with Crippen LogP contribution in [0, 0.1) is 6.92 Å². The predicted octanol–water partition coefficient (Wildman–Crippen LogP) is 1.72. The van der Waals surface area contributed by atoms with Crippen LogP contribution in [0.25, 0.3) is 0 Å². The van der Waals surface area contributed by atoms with Gasteiger partial charge in [0, 0.05) is 36.9 Å². The van der Waals surface area contributed by atoms with E-state index in [-0.39, 0.29) is 0 Å². The maximum Gasteiger partial charge on any atom is 0.213 e. The lowest BCUT2D eigenvalue weighted by Gasteiger charge is -2.11. The molecule has 6 nitrogen and oxygen atoms in total. The molecular formula is C14H19N5OS. The molecule has 0 aromatic carbocycles. The summed E-state index contributed by atoms with van der Waals surface area (Å²) in [7, 11) is 3.35. The molecule has 0 aliphatic carbocycles. The molecule has 0 radical (unpaired) electrons. The fourth-order valence-corrected chi connectivity index (χ4v) is 2.45. The summed E-state index contributed by atoms with van der Waals surface area (Å²) in [4.78, 5) is 13.8. The zero-order valence-electron chi connectivity index (χ0n) is 12.4. The standard InChI is InChI=1S/C14H19N5OS/c1-10-7-17-13(21-10)9-19-14(15-2)18-8-11-4-5-16-12(6-11)20-3/h4-7H,8-9H2,1-3H3,(H2,15,18,19). The molecule has 0 aliphatic rings. The van der Waals surface area contributed by atoms with E-state index in [0.29, 0.717) is 19.0 Å². The van der Waals surface area contributed by atoms with Crippen LogP contribution in [0.3, 0.4) is 0 Å². The van der Waals surface area contributed by atoms with Crippen molar-refractivity contribution in [2.24, 2.45) is 4.99 Å². The van der Waals surface area contributed by atoms with Gasteiger partial charge < -0.3 is 15.4 Å². The Kier molecular flexibility index (Phi) is 5.51. The van der Waals surface area contributed by atoms with Crippen molar-refractivity contribution in [1.82, 2.24) is 20.6 Å². The van der Waals surface area contributed by atoms with Gasteiger partial charge in [0.05, 0.1) is 13.7 Å². The van der Waals surface area contributed by atoms with Gasteiger partial charge in [0.15, 0.2) is 5.96 Å². The lowest BCUT2D eigenvalue weighted by Crippen LogP contribution is -2.36. The van der Waals surface area contributed by atoms with E-state index in [4.69, 9.17) is 4.74 Å². The Morgan fingerprint density at radius 1 is 1.33 bits per heavy atom. The first-order valence-electron chi connectivity index (χ1n) is 6.56. The minimum Gasteiger partial charge on any atom is -0.481 e. The Morgan fingerprint density at radius 3 is 2.81 bits per heavy atom. The van der Waals surface area contributed by atoms with Gasteiger partial charge in [0.1, 0.15) is 5.01 Å². The summed E-state index contributed by atoms with van der Waals surface area (Å²) < 4.78 is 5.10. The molecule has 0 amide bonds. The van der Waals surface area contributed by atoms with E-state index in [1.807, 2.05) is 25.3 Å². The van der Waals surface area contributed by atoms with E-state index in [1.165, 1.54) is 4.88 Å². The van der Waals surface area contributed by atoms with E-state index >= 15 is 0 Å². The normalized spacial score (nSPS) is 11.3. The highest BCUT2D eigenvalue weighted by Gasteiger charge is 2.02. The van der Waals surface area contributed by atoms with Crippen LogP contribution in [0.15, 0.2) is 29.5 Å². The summed E-state index contributed by atoms with van der Waals surface area (Å²) in [5, 5.41) is 7.53. The molecule has 0 atom stereocenters. The third kappa shape index (κ3) is 4.71. The lowest BCUT2D eigenvalue weighted by atomic mass is 10.2. The van der Waals surface area contributed by atoms with Crippen LogP contribution in [0.2, 0.25) is 0 Å². The summed E-state index contributed by atoms with van der Waals surface area (Å²) in [6.07, 6.45) is 3.60. The van der Waals surface area contributed by atoms with Gasteiger partial charge in [-0.15, -0.1) is 11.3 Å². The molecule has 0 fully saturated rings. The van der Waals surface area contributed by atoms with Crippen LogP contribution >= 0.6 is 11.3 Å². The van der Waals surface area contributed by atoms with Crippen LogP contribution in [0.4, 0.5) is 0 Å². The average Bonchev–Trinajstić information content (AvgIpc) is 2.93. The Hall–Kier alpha value is -2.15. The molecule has 0 unspecified atom stereocenters. The zero-order chi connectivity index (χ0) is 15.1. The monoisotopic (exact) mass is 305 g/mol. The number of aliphatic imine (C=N–C) groups is 1. The second-order valence-corrected chi connectivity index (χ2v) is 5.67. The number of nitrogens with zero attached hydrogens (tertiary/aromatic N) is 3. The van der Waals surface area contributed by atoms with E-state index in [2.05, 4.69) is 25.6 Å². The minimum absolute atomic E-state index is 0.607. The van der Waals surface area contributed by atoms with Crippen molar-refractivity contribution in [2.75, 3.05) is 14.2 Å². The van der Waals surface area contributed by atoms with E-state index in [9.17, 15) is 0 Å². The fourth-order valence-electron chi connectivity index (χ4n) is 1.72. The first kappa shape index (κ1) is 15.2. The first-order chi connectivity index (χ1) is 10.2. The Balaban J connectivity index is 1.84. The summed E-state index contributed by atoms with van der Waals surface area (Å²) in [5.41, 5.74) is 1.08. The molecule has 0 saturated carbocycles. The van der Waals surface area contributed by atoms with Crippen LogP contribution in [-0.4, -0.2) is 30.1 Å². The smallest absolute Gasteiger partial charge is 0.213 e. The number of pyridine rings is 1. The van der Waals surface area contributed by atoms with Crippen LogP contribution in [0.5, 0.6) is 5.88 Å². The molecule has 2 rings (SSSR count). The second kappa shape index (κ2) is 7.58. The van der Waals surface area contributed by atoms with Gasteiger partial charge >= 0.3 is 0 Å². The molecule has 7 heteroatoms. The van der Waals surface area contributed by atoms with Gasteiger partial charge in [-0.2, -0.15) is 0 Å². The molecule has 0 aliphatic heterocycles. The van der Waals surface area contributed by atoms with Crippen LogP contribution in [0.1, 0.15) is 15.4 Å². The number of nitrogens with one attached hydrogen (secondary N) is 2. The number of methoxy groups -OCH3 is 1. The highest BCUT2D eigenvalue weighted by atomic mass is 32.1. The van der Waals surface area contributed by atoms with Gasteiger partial charge in [-0.3, -0.25) is 4.99 Å². The van der Waals surface area contributed by atoms with E-state index < -0.39 is 0 Å². The molecular weight excluding hydrogens is 286 g/mol. The molecule has 2 aromatic heterocycles. The molecule has 2 N–H and O–H groups in total. The van der Waals surface area contributed by atoms with Gasteiger partial charge in [-0.1, -0.05) is 0 Å². The summed E-state index contributed by atoms with van der Waals surface area (Å²) >= 11 is 1.68. The molecule has 2 aromatic rings. The quantitative estimate of drug-likeness (QED) is 0.650. The fraction of sp³-hybridized carbons (Fsp3) is 0.357. The van der Waals surface area contributed by atoms with Crippen LogP contribution in [-0.2, 0) is 13.1 Å². The SMILES string of the molecule is CN=C(NCc1ccnc(OC)c1)NCc1ncc(C)s1.